The summed E-state index contributed by atoms with van der Waals surface area (Å²) in [5.41, 5.74) is 1.06. The third-order valence-electron chi connectivity index (χ3n) is 2.49. The lowest BCUT2D eigenvalue weighted by molar-refractivity contribution is -0.140. The highest BCUT2D eigenvalue weighted by Gasteiger charge is 2.44. The molecule has 0 atom stereocenters. The molecule has 21 heavy (non-hydrogen) atoms. The van der Waals surface area contributed by atoms with Crippen molar-refractivity contribution in [3.05, 3.63) is 42.0 Å². The number of benzene rings is 1. The molecule has 4 nitrogen and oxygen atoms in total. The fourth-order valence-electron chi connectivity index (χ4n) is 1.49. The van der Waals surface area contributed by atoms with Crippen molar-refractivity contribution in [2.24, 2.45) is 0 Å². The van der Waals surface area contributed by atoms with Gasteiger partial charge in [-0.15, -0.1) is 0 Å². The maximum atomic E-state index is 13.2. The Hall–Kier alpha value is -1.28. The highest BCUT2D eigenvalue weighted by atomic mass is 79.9. The van der Waals surface area contributed by atoms with Crippen molar-refractivity contribution < 1.29 is 22.0 Å². The van der Waals surface area contributed by atoms with Gasteiger partial charge in [-0.2, -0.15) is 8.78 Å². The molecular formula is C13H14BrF2NO3S. The van der Waals surface area contributed by atoms with Crippen LogP contribution in [0.1, 0.15) is 12.5 Å². The summed E-state index contributed by atoms with van der Waals surface area (Å²) in [6, 6.07) is 5.55. The molecule has 116 valence electrons. The van der Waals surface area contributed by atoms with Crippen LogP contribution in [-0.2, 0) is 14.8 Å². The normalized spacial score (nSPS) is 12.0. The van der Waals surface area contributed by atoms with Gasteiger partial charge in [-0.25, -0.2) is 12.7 Å². The Morgan fingerprint density at radius 3 is 2.19 bits per heavy atom. The standard InChI is InChI=1S/C13H14BrF2NO3S/c1-9(2)8-17(12(18)13(14,15)16)21(19,20)11-6-4-10(3)5-7-11/h4-7H,1,8H2,2-3H3. The number of rotatable bonds is 5. The summed E-state index contributed by atoms with van der Waals surface area (Å²) in [6.45, 7) is 6.14. The van der Waals surface area contributed by atoms with Gasteiger partial charge in [0.15, 0.2) is 0 Å². The van der Waals surface area contributed by atoms with E-state index < -0.39 is 27.3 Å². The number of amides is 1. The zero-order valence-electron chi connectivity index (χ0n) is 11.4. The topological polar surface area (TPSA) is 54.5 Å². The number of carbonyl (C=O) groups is 1. The molecule has 0 bridgehead atoms. The molecule has 0 unspecified atom stereocenters. The van der Waals surface area contributed by atoms with E-state index in [2.05, 4.69) is 6.58 Å². The highest BCUT2D eigenvalue weighted by molar-refractivity contribution is 9.10. The Morgan fingerprint density at radius 2 is 1.81 bits per heavy atom. The van der Waals surface area contributed by atoms with Gasteiger partial charge in [-0.1, -0.05) is 29.8 Å². The first kappa shape index (κ1) is 17.8. The molecule has 1 amide bonds. The molecule has 0 aliphatic carbocycles. The molecule has 1 aromatic carbocycles. The first-order chi connectivity index (χ1) is 9.46. The van der Waals surface area contributed by atoms with E-state index in [0.29, 0.717) is 0 Å². The third kappa shape index (κ3) is 4.34. The second-order valence-corrected chi connectivity index (χ2v) is 7.44. The molecule has 0 aromatic heterocycles. The molecule has 0 saturated heterocycles. The fraction of sp³-hybridized carbons (Fsp3) is 0.308. The Labute approximate surface area is 130 Å². The van der Waals surface area contributed by atoms with Crippen molar-refractivity contribution in [3.8, 4) is 0 Å². The number of hydrogen-bond donors (Lipinski definition) is 0. The molecular weight excluding hydrogens is 368 g/mol. The van der Waals surface area contributed by atoms with E-state index in [1.165, 1.54) is 31.2 Å². The largest absolute Gasteiger partial charge is 0.379 e. The van der Waals surface area contributed by atoms with Crippen molar-refractivity contribution in [1.82, 2.24) is 4.31 Å². The SMILES string of the molecule is C=C(C)CN(C(=O)C(F)(F)Br)S(=O)(=O)c1ccc(C)cc1. The van der Waals surface area contributed by atoms with Crippen molar-refractivity contribution in [3.63, 3.8) is 0 Å². The molecule has 0 saturated carbocycles. The third-order valence-corrected chi connectivity index (χ3v) is 4.57. The number of sulfonamides is 1. The van der Waals surface area contributed by atoms with Crippen LogP contribution < -0.4 is 0 Å². The monoisotopic (exact) mass is 381 g/mol. The number of carbonyl (C=O) groups excluding carboxylic acids is 1. The van der Waals surface area contributed by atoms with Crippen LogP contribution in [0.4, 0.5) is 8.78 Å². The summed E-state index contributed by atoms with van der Waals surface area (Å²) in [7, 11) is -4.38. The van der Waals surface area contributed by atoms with Gasteiger partial charge in [0, 0.05) is 15.9 Å². The van der Waals surface area contributed by atoms with E-state index >= 15 is 0 Å². The summed E-state index contributed by atoms with van der Waals surface area (Å²) >= 11 is 1.89. The van der Waals surface area contributed by atoms with E-state index in [0.717, 1.165) is 5.56 Å². The van der Waals surface area contributed by atoms with Gasteiger partial charge in [-0.3, -0.25) is 4.79 Å². The molecule has 0 fully saturated rings. The number of aryl methyl sites for hydroxylation is 1. The summed E-state index contributed by atoms with van der Waals surface area (Å²) in [4.78, 5) is 7.49. The Kier molecular flexibility index (Phi) is 5.27. The number of hydrogen-bond acceptors (Lipinski definition) is 3. The maximum Gasteiger partial charge on any atom is 0.379 e. The van der Waals surface area contributed by atoms with Gasteiger partial charge in [0.1, 0.15) is 0 Å². The van der Waals surface area contributed by atoms with Gasteiger partial charge < -0.3 is 0 Å². The van der Waals surface area contributed by atoms with Crippen LogP contribution in [0.5, 0.6) is 0 Å². The molecule has 1 rings (SSSR count). The average Bonchev–Trinajstić information content (AvgIpc) is 2.34. The van der Waals surface area contributed by atoms with E-state index in [1.54, 1.807) is 6.92 Å². The number of halogens is 3. The molecule has 0 radical (unpaired) electrons. The number of nitrogens with zero attached hydrogens (tertiary/aromatic N) is 1. The van der Waals surface area contributed by atoms with Gasteiger partial charge in [0.2, 0.25) is 0 Å². The molecule has 0 aliphatic rings. The first-order valence-electron chi connectivity index (χ1n) is 5.81. The van der Waals surface area contributed by atoms with Crippen LogP contribution in [0.3, 0.4) is 0 Å². The van der Waals surface area contributed by atoms with Crippen molar-refractivity contribution in [2.45, 2.75) is 23.6 Å². The Balaban J connectivity index is 3.33. The van der Waals surface area contributed by atoms with E-state index in [4.69, 9.17) is 0 Å². The summed E-state index contributed by atoms with van der Waals surface area (Å²) in [5.74, 6) is -1.86. The zero-order chi connectivity index (χ0) is 16.4. The lowest BCUT2D eigenvalue weighted by atomic mass is 10.2. The zero-order valence-corrected chi connectivity index (χ0v) is 13.8. The maximum absolute atomic E-state index is 13.2. The minimum atomic E-state index is -4.38. The lowest BCUT2D eigenvalue weighted by Gasteiger charge is -2.24. The first-order valence-corrected chi connectivity index (χ1v) is 8.04. The van der Waals surface area contributed by atoms with Crippen LogP contribution in [0.2, 0.25) is 0 Å². The van der Waals surface area contributed by atoms with E-state index in [1.807, 2.05) is 15.9 Å². The molecule has 1 aromatic rings. The van der Waals surface area contributed by atoms with Gasteiger partial charge in [0.25, 0.3) is 10.0 Å². The van der Waals surface area contributed by atoms with Crippen molar-refractivity contribution >= 4 is 31.9 Å². The van der Waals surface area contributed by atoms with Crippen molar-refractivity contribution in [1.29, 1.82) is 0 Å². The predicted molar refractivity (Wildman–Crippen MR) is 78.8 cm³/mol. The Bertz CT molecular complexity index is 651. The summed E-state index contributed by atoms with van der Waals surface area (Å²) in [5, 5.41) is 0. The quantitative estimate of drug-likeness (QED) is 0.581. The van der Waals surface area contributed by atoms with E-state index in [-0.39, 0.29) is 14.8 Å². The van der Waals surface area contributed by atoms with E-state index in [9.17, 15) is 22.0 Å². The average molecular weight is 382 g/mol. The molecule has 0 spiro atoms. The second-order valence-electron chi connectivity index (χ2n) is 4.58. The van der Waals surface area contributed by atoms with Gasteiger partial charge in [-0.05, 0) is 26.0 Å². The van der Waals surface area contributed by atoms with Crippen LogP contribution in [-0.4, -0.2) is 30.0 Å². The van der Waals surface area contributed by atoms with Crippen LogP contribution in [0, 0.1) is 6.92 Å². The predicted octanol–water partition coefficient (Wildman–Crippen LogP) is 3.08. The summed E-state index contributed by atoms with van der Waals surface area (Å²) < 4.78 is 51.2. The lowest BCUT2D eigenvalue weighted by Crippen LogP contribution is -2.44. The molecule has 8 heteroatoms. The summed E-state index contributed by atoms with van der Waals surface area (Å²) in [6.07, 6.45) is 0. The van der Waals surface area contributed by atoms with Crippen molar-refractivity contribution in [2.75, 3.05) is 6.54 Å². The van der Waals surface area contributed by atoms with Crippen LogP contribution in [0.25, 0.3) is 0 Å². The van der Waals surface area contributed by atoms with Crippen LogP contribution >= 0.6 is 15.9 Å². The van der Waals surface area contributed by atoms with Gasteiger partial charge >= 0.3 is 10.7 Å². The van der Waals surface area contributed by atoms with Gasteiger partial charge in [0.05, 0.1) is 11.4 Å². The number of alkyl halides is 3. The minimum absolute atomic E-state index is 0.120. The molecule has 0 heterocycles. The highest BCUT2D eigenvalue weighted by Crippen LogP contribution is 2.28. The second kappa shape index (κ2) is 6.23. The van der Waals surface area contributed by atoms with Crippen LogP contribution in [0.15, 0.2) is 41.3 Å². The smallest absolute Gasteiger partial charge is 0.266 e. The minimum Gasteiger partial charge on any atom is -0.266 e. The molecule has 0 aliphatic heterocycles. The Morgan fingerprint density at radius 1 is 1.33 bits per heavy atom. The fourth-order valence-corrected chi connectivity index (χ4v) is 3.28. The molecule has 0 N–H and O–H groups in total.